The van der Waals surface area contributed by atoms with E-state index in [2.05, 4.69) is 20.5 Å². The maximum Gasteiger partial charge on any atom is 0.291 e. The first-order valence-corrected chi connectivity index (χ1v) is 6.10. The first-order chi connectivity index (χ1) is 8.08. The molecule has 0 aliphatic carbocycles. The summed E-state index contributed by atoms with van der Waals surface area (Å²) >= 11 is 1.83. The highest BCUT2D eigenvalue weighted by atomic mass is 32.1. The highest BCUT2D eigenvalue weighted by molar-refractivity contribution is 7.15. The van der Waals surface area contributed by atoms with E-state index < -0.39 is 17.3 Å². The summed E-state index contributed by atoms with van der Waals surface area (Å²) in [5, 5.41) is 8.76. The molecule has 0 spiro atoms. The van der Waals surface area contributed by atoms with E-state index in [9.17, 15) is 13.6 Å². The maximum atomic E-state index is 12.2. The summed E-state index contributed by atoms with van der Waals surface area (Å²) in [6.45, 7) is 1.69. The lowest BCUT2D eigenvalue weighted by Gasteiger charge is -1.97. The van der Waals surface area contributed by atoms with Crippen LogP contribution in [0.5, 0.6) is 0 Å². The van der Waals surface area contributed by atoms with Crippen LogP contribution in [0.1, 0.15) is 26.8 Å². The van der Waals surface area contributed by atoms with Crippen LogP contribution in [0.3, 0.4) is 0 Å². The number of aryl methyl sites for hydroxylation is 1. The van der Waals surface area contributed by atoms with Gasteiger partial charge in [0.2, 0.25) is 5.13 Å². The number of carbonyl (C=O) groups is 1. The molecule has 1 amide bonds. The zero-order chi connectivity index (χ0) is 12.4. The van der Waals surface area contributed by atoms with Crippen molar-refractivity contribution >= 4 is 33.7 Å². The molecule has 1 N–H and O–H groups in total. The number of hydrogen-bond donors (Lipinski definition) is 1. The van der Waals surface area contributed by atoms with E-state index in [4.69, 9.17) is 0 Å². The highest BCUT2D eigenvalue weighted by Crippen LogP contribution is 2.25. The van der Waals surface area contributed by atoms with Crippen LogP contribution in [0, 0.1) is 6.92 Å². The topological polar surface area (TPSA) is 67.8 Å². The Bertz CT molecular complexity index is 539. The van der Waals surface area contributed by atoms with Crippen LogP contribution >= 0.6 is 22.7 Å². The van der Waals surface area contributed by atoms with E-state index in [1.165, 1.54) is 16.8 Å². The normalized spacial score (nSPS) is 10.8. The lowest BCUT2D eigenvalue weighted by Crippen LogP contribution is -2.11. The molecule has 0 radical (unpaired) electrons. The third kappa shape index (κ3) is 2.61. The third-order valence-corrected chi connectivity index (χ3v) is 3.57. The van der Waals surface area contributed by atoms with E-state index in [1.807, 2.05) is 0 Å². The van der Waals surface area contributed by atoms with Gasteiger partial charge >= 0.3 is 0 Å². The van der Waals surface area contributed by atoms with E-state index in [0.717, 1.165) is 0 Å². The lowest BCUT2D eigenvalue weighted by atomic mass is 10.4. The van der Waals surface area contributed by atoms with Gasteiger partial charge in [0.1, 0.15) is 4.88 Å². The fraction of sp³-hybridized carbons (Fsp3) is 0.250. The van der Waals surface area contributed by atoms with Crippen LogP contribution in [-0.2, 0) is 0 Å². The molecule has 0 atom stereocenters. The average Bonchev–Trinajstić information content (AvgIpc) is 2.86. The summed E-state index contributed by atoms with van der Waals surface area (Å²) in [6, 6.07) is 0. The first-order valence-electron chi connectivity index (χ1n) is 4.41. The van der Waals surface area contributed by atoms with Gasteiger partial charge in [0.25, 0.3) is 12.3 Å². The summed E-state index contributed by atoms with van der Waals surface area (Å²) in [4.78, 5) is 16.0. The van der Waals surface area contributed by atoms with Gasteiger partial charge in [-0.15, -0.1) is 21.5 Å². The minimum atomic E-state index is -2.68. The van der Waals surface area contributed by atoms with Gasteiger partial charge in [-0.2, -0.15) is 0 Å². The number of halogens is 2. The second kappa shape index (κ2) is 4.80. The average molecular weight is 276 g/mol. The van der Waals surface area contributed by atoms with Gasteiger partial charge in [-0.05, 0) is 6.92 Å². The number of alkyl halides is 2. The van der Waals surface area contributed by atoms with Crippen molar-refractivity contribution in [1.82, 2.24) is 15.2 Å². The smallest absolute Gasteiger partial charge is 0.291 e. The highest BCUT2D eigenvalue weighted by Gasteiger charge is 2.17. The Labute approximate surface area is 103 Å². The molecule has 2 aromatic heterocycles. The van der Waals surface area contributed by atoms with Crippen molar-refractivity contribution in [1.29, 1.82) is 0 Å². The van der Waals surface area contributed by atoms with Gasteiger partial charge in [-0.3, -0.25) is 10.1 Å². The molecule has 0 unspecified atom stereocenters. The van der Waals surface area contributed by atoms with Crippen molar-refractivity contribution in [2.75, 3.05) is 5.32 Å². The van der Waals surface area contributed by atoms with Crippen LogP contribution in [-0.4, -0.2) is 21.1 Å². The summed E-state index contributed by atoms with van der Waals surface area (Å²) in [5.41, 5.74) is 2.13. The fourth-order valence-electron chi connectivity index (χ4n) is 1.05. The van der Waals surface area contributed by atoms with Crippen LogP contribution in [0.4, 0.5) is 13.9 Å². The number of rotatable bonds is 3. The number of anilines is 1. The van der Waals surface area contributed by atoms with Crippen molar-refractivity contribution in [3.63, 3.8) is 0 Å². The molecule has 0 aromatic carbocycles. The predicted molar refractivity (Wildman–Crippen MR) is 59.7 cm³/mol. The van der Waals surface area contributed by atoms with Gasteiger partial charge in [0, 0.05) is 0 Å². The first kappa shape index (κ1) is 12.0. The lowest BCUT2D eigenvalue weighted by molar-refractivity contribution is 0.102. The van der Waals surface area contributed by atoms with E-state index >= 15 is 0 Å². The van der Waals surface area contributed by atoms with E-state index in [0.29, 0.717) is 21.9 Å². The molecule has 0 aliphatic rings. The van der Waals surface area contributed by atoms with Crippen LogP contribution in [0.15, 0.2) is 5.51 Å². The Morgan fingerprint density at radius 1 is 1.47 bits per heavy atom. The molecular formula is C8H6F2N4OS2. The van der Waals surface area contributed by atoms with Crippen molar-refractivity contribution in [3.05, 3.63) is 21.1 Å². The zero-order valence-corrected chi connectivity index (χ0v) is 10.1. The van der Waals surface area contributed by atoms with Crippen LogP contribution in [0.25, 0.3) is 0 Å². The number of hydrogen-bond acceptors (Lipinski definition) is 6. The molecule has 90 valence electrons. The van der Waals surface area contributed by atoms with Gasteiger partial charge in [0.05, 0.1) is 11.2 Å². The zero-order valence-electron chi connectivity index (χ0n) is 8.48. The van der Waals surface area contributed by atoms with Gasteiger partial charge < -0.3 is 0 Å². The number of amides is 1. The predicted octanol–water partition coefficient (Wildman–Crippen LogP) is 2.49. The number of aromatic nitrogens is 3. The Morgan fingerprint density at radius 3 is 2.76 bits per heavy atom. The second-order valence-electron chi connectivity index (χ2n) is 2.97. The largest absolute Gasteiger partial charge is 0.296 e. The Balaban J connectivity index is 2.11. The molecule has 2 rings (SSSR count). The molecule has 2 aromatic rings. The summed E-state index contributed by atoms with van der Waals surface area (Å²) in [7, 11) is 0. The van der Waals surface area contributed by atoms with Gasteiger partial charge in [-0.1, -0.05) is 11.3 Å². The minimum absolute atomic E-state index is 0.0538. The Morgan fingerprint density at radius 2 is 2.24 bits per heavy atom. The monoisotopic (exact) mass is 276 g/mol. The van der Waals surface area contributed by atoms with Gasteiger partial charge in [0.15, 0.2) is 5.01 Å². The molecule has 9 heteroatoms. The fourth-order valence-corrected chi connectivity index (χ4v) is 2.34. The summed E-state index contributed by atoms with van der Waals surface area (Å²) in [6.07, 6.45) is -2.68. The number of nitrogens with zero attached hydrogens (tertiary/aromatic N) is 3. The van der Waals surface area contributed by atoms with Crippen molar-refractivity contribution in [2.24, 2.45) is 0 Å². The van der Waals surface area contributed by atoms with E-state index in [-0.39, 0.29) is 5.13 Å². The Kier molecular flexibility index (Phi) is 3.38. The molecule has 0 aliphatic heterocycles. The van der Waals surface area contributed by atoms with Crippen molar-refractivity contribution < 1.29 is 13.6 Å². The molecule has 0 bridgehead atoms. The van der Waals surface area contributed by atoms with Crippen molar-refractivity contribution in [2.45, 2.75) is 13.3 Å². The SMILES string of the molecule is Cc1ncsc1C(=O)Nc1nnc(C(F)F)s1. The van der Waals surface area contributed by atoms with Crippen molar-refractivity contribution in [3.8, 4) is 0 Å². The summed E-state index contributed by atoms with van der Waals surface area (Å²) < 4.78 is 24.5. The minimum Gasteiger partial charge on any atom is -0.296 e. The molecular weight excluding hydrogens is 270 g/mol. The Hall–Kier alpha value is -1.48. The molecule has 17 heavy (non-hydrogen) atoms. The molecule has 5 nitrogen and oxygen atoms in total. The quantitative estimate of drug-likeness (QED) is 0.935. The maximum absolute atomic E-state index is 12.2. The standard InChI is InChI=1S/C8H6F2N4OS2/c1-3-4(16-2-11-3)6(15)12-8-14-13-7(17-8)5(9)10/h2,5H,1H3,(H,12,14,15). The van der Waals surface area contributed by atoms with E-state index in [1.54, 1.807) is 6.92 Å². The van der Waals surface area contributed by atoms with Crippen LogP contribution in [0.2, 0.25) is 0 Å². The number of nitrogens with one attached hydrogen (secondary N) is 1. The number of thiazole rings is 1. The molecule has 2 heterocycles. The molecule has 0 fully saturated rings. The second-order valence-corrected chi connectivity index (χ2v) is 4.83. The van der Waals surface area contributed by atoms with Crippen LogP contribution < -0.4 is 5.32 Å². The molecule has 0 saturated carbocycles. The summed E-state index contributed by atoms with van der Waals surface area (Å²) in [5.74, 6) is -0.415. The number of carbonyl (C=O) groups excluding carboxylic acids is 1. The van der Waals surface area contributed by atoms with Gasteiger partial charge in [-0.25, -0.2) is 13.8 Å². The molecule has 0 saturated heterocycles. The third-order valence-electron chi connectivity index (χ3n) is 1.80.